The van der Waals surface area contributed by atoms with E-state index in [0.717, 1.165) is 6.07 Å². The van der Waals surface area contributed by atoms with E-state index < -0.39 is 29.6 Å². The zero-order valence-corrected chi connectivity index (χ0v) is 16.4. The third-order valence-corrected chi connectivity index (χ3v) is 4.52. The van der Waals surface area contributed by atoms with Crippen LogP contribution in [0, 0.1) is 18.6 Å². The molecule has 1 amide bonds. The van der Waals surface area contributed by atoms with Crippen LogP contribution in [0.3, 0.4) is 0 Å². The van der Waals surface area contributed by atoms with Crippen molar-refractivity contribution in [3.63, 3.8) is 0 Å². The van der Waals surface area contributed by atoms with Gasteiger partial charge in [-0.15, -0.1) is 0 Å². The first-order valence-electron chi connectivity index (χ1n) is 8.98. The number of ether oxygens (including phenoxy) is 1. The van der Waals surface area contributed by atoms with Crippen LogP contribution < -0.4 is 10.1 Å². The van der Waals surface area contributed by atoms with Crippen molar-refractivity contribution >= 4 is 11.9 Å². The number of nitrogens with one attached hydrogen (secondary N) is 1. The highest BCUT2D eigenvalue weighted by molar-refractivity contribution is 5.98. The van der Waals surface area contributed by atoms with E-state index in [-0.39, 0.29) is 22.8 Å². The van der Waals surface area contributed by atoms with Gasteiger partial charge >= 0.3 is 5.97 Å². The second-order valence-corrected chi connectivity index (χ2v) is 6.67. The molecule has 9 heteroatoms. The van der Waals surface area contributed by atoms with Crippen molar-refractivity contribution in [3.05, 3.63) is 76.5 Å². The van der Waals surface area contributed by atoms with E-state index in [2.05, 4.69) is 10.4 Å². The predicted octanol–water partition coefficient (Wildman–Crippen LogP) is 3.99. The number of carboxylic acids is 1. The number of nitrogens with zero attached hydrogens (tertiary/aromatic N) is 2. The standard InChI is InChI=1S/C21H19F2N3O4/c1-11(13-7-9-14(10-8-13)21(28)29)24-19(27)17-12(2)25-26(3)20(17)30-16-6-4-5-15(22)18(16)23/h4-11H,1-3H3,(H,24,27)(H,28,29)/t11-/m0/s1. The molecule has 3 aromatic rings. The van der Waals surface area contributed by atoms with Crippen LogP contribution in [-0.4, -0.2) is 26.8 Å². The lowest BCUT2D eigenvalue weighted by Gasteiger charge is -2.15. The summed E-state index contributed by atoms with van der Waals surface area (Å²) in [5.41, 5.74) is 1.24. The van der Waals surface area contributed by atoms with Crippen molar-refractivity contribution in [2.45, 2.75) is 19.9 Å². The third-order valence-electron chi connectivity index (χ3n) is 4.52. The van der Waals surface area contributed by atoms with Gasteiger partial charge in [0.1, 0.15) is 5.56 Å². The van der Waals surface area contributed by atoms with Crippen molar-refractivity contribution in [2.24, 2.45) is 7.05 Å². The van der Waals surface area contributed by atoms with Crippen LogP contribution in [0.4, 0.5) is 8.78 Å². The van der Waals surface area contributed by atoms with Crippen LogP contribution in [0.2, 0.25) is 0 Å². The number of amides is 1. The quantitative estimate of drug-likeness (QED) is 0.635. The van der Waals surface area contributed by atoms with Gasteiger partial charge in [-0.1, -0.05) is 18.2 Å². The average molecular weight is 415 g/mol. The zero-order chi connectivity index (χ0) is 22.0. The maximum absolute atomic E-state index is 14.0. The Morgan fingerprint density at radius 2 is 1.83 bits per heavy atom. The summed E-state index contributed by atoms with van der Waals surface area (Å²) >= 11 is 0. The molecule has 0 aliphatic rings. The number of benzene rings is 2. The molecule has 0 saturated carbocycles. The smallest absolute Gasteiger partial charge is 0.335 e. The summed E-state index contributed by atoms with van der Waals surface area (Å²) in [4.78, 5) is 23.9. The minimum absolute atomic E-state index is 0.0390. The minimum Gasteiger partial charge on any atom is -0.478 e. The Bertz CT molecular complexity index is 1110. The Morgan fingerprint density at radius 3 is 2.47 bits per heavy atom. The van der Waals surface area contributed by atoms with Crippen molar-refractivity contribution in [1.29, 1.82) is 0 Å². The molecule has 1 aromatic heterocycles. The second kappa shape index (κ2) is 8.32. The number of carboxylic acid groups (broad SMARTS) is 1. The zero-order valence-electron chi connectivity index (χ0n) is 16.4. The molecule has 0 radical (unpaired) electrons. The van der Waals surface area contributed by atoms with Gasteiger partial charge < -0.3 is 15.2 Å². The van der Waals surface area contributed by atoms with E-state index in [1.165, 1.54) is 36.0 Å². The number of hydrogen-bond donors (Lipinski definition) is 2. The van der Waals surface area contributed by atoms with Gasteiger partial charge in [-0.05, 0) is 43.7 Å². The first-order chi connectivity index (χ1) is 14.2. The molecule has 156 valence electrons. The average Bonchev–Trinajstić information content (AvgIpc) is 2.98. The number of aromatic nitrogens is 2. The van der Waals surface area contributed by atoms with Crippen molar-refractivity contribution in [3.8, 4) is 11.6 Å². The topological polar surface area (TPSA) is 93.5 Å². The number of rotatable bonds is 6. The summed E-state index contributed by atoms with van der Waals surface area (Å²) in [5.74, 6) is -4.23. The van der Waals surface area contributed by atoms with Crippen molar-refractivity contribution in [1.82, 2.24) is 15.1 Å². The SMILES string of the molecule is Cc1nn(C)c(Oc2cccc(F)c2F)c1C(=O)N[C@@H](C)c1ccc(C(=O)O)cc1. The highest BCUT2D eigenvalue weighted by Crippen LogP contribution is 2.30. The van der Waals surface area contributed by atoms with E-state index in [0.29, 0.717) is 11.3 Å². The fourth-order valence-electron chi connectivity index (χ4n) is 2.95. The van der Waals surface area contributed by atoms with Gasteiger partial charge in [-0.3, -0.25) is 4.79 Å². The largest absolute Gasteiger partial charge is 0.478 e. The molecular weight excluding hydrogens is 396 g/mol. The number of aromatic carboxylic acids is 1. The van der Waals surface area contributed by atoms with Crippen LogP contribution in [0.25, 0.3) is 0 Å². The van der Waals surface area contributed by atoms with Crippen LogP contribution in [0.1, 0.15) is 44.9 Å². The molecule has 1 atom stereocenters. The molecule has 30 heavy (non-hydrogen) atoms. The first kappa shape index (κ1) is 21.0. The lowest BCUT2D eigenvalue weighted by molar-refractivity contribution is 0.0696. The van der Waals surface area contributed by atoms with Gasteiger partial charge in [-0.25, -0.2) is 13.9 Å². The summed E-state index contributed by atoms with van der Waals surface area (Å²) in [6, 6.07) is 9.12. The Kier molecular flexibility index (Phi) is 5.81. The lowest BCUT2D eigenvalue weighted by atomic mass is 10.1. The predicted molar refractivity (Wildman–Crippen MR) is 104 cm³/mol. The minimum atomic E-state index is -1.17. The highest BCUT2D eigenvalue weighted by Gasteiger charge is 2.25. The van der Waals surface area contributed by atoms with Crippen LogP contribution in [-0.2, 0) is 7.05 Å². The molecule has 2 aromatic carbocycles. The Labute approximate surface area is 170 Å². The fourth-order valence-corrected chi connectivity index (χ4v) is 2.95. The van der Waals surface area contributed by atoms with E-state index in [9.17, 15) is 18.4 Å². The molecule has 0 aliphatic carbocycles. The Balaban J connectivity index is 1.85. The van der Waals surface area contributed by atoms with Crippen molar-refractivity contribution in [2.75, 3.05) is 0 Å². The second-order valence-electron chi connectivity index (χ2n) is 6.67. The van der Waals surface area contributed by atoms with Gasteiger partial charge in [0.2, 0.25) is 11.7 Å². The van der Waals surface area contributed by atoms with Gasteiger partial charge in [0.05, 0.1) is 17.3 Å². The van der Waals surface area contributed by atoms with Crippen LogP contribution >= 0.6 is 0 Å². The maximum atomic E-state index is 14.0. The highest BCUT2D eigenvalue weighted by atomic mass is 19.2. The molecule has 0 aliphatic heterocycles. The van der Waals surface area contributed by atoms with Crippen molar-refractivity contribution < 1.29 is 28.2 Å². The summed E-state index contributed by atoms with van der Waals surface area (Å²) in [6.45, 7) is 3.32. The van der Waals surface area contributed by atoms with Gasteiger partial charge in [-0.2, -0.15) is 9.49 Å². The van der Waals surface area contributed by atoms with Crippen LogP contribution in [0.5, 0.6) is 11.6 Å². The van der Waals surface area contributed by atoms with Gasteiger partial charge in [0.25, 0.3) is 5.91 Å². The summed E-state index contributed by atoms with van der Waals surface area (Å²) < 4.78 is 34.2. The summed E-state index contributed by atoms with van der Waals surface area (Å²) in [7, 11) is 1.52. The van der Waals surface area contributed by atoms with E-state index in [1.807, 2.05) is 0 Å². The normalized spacial score (nSPS) is 11.8. The van der Waals surface area contributed by atoms with E-state index in [4.69, 9.17) is 9.84 Å². The molecule has 0 fully saturated rings. The Morgan fingerprint density at radius 1 is 1.17 bits per heavy atom. The third kappa shape index (κ3) is 4.14. The number of halogens is 2. The molecule has 3 rings (SSSR count). The molecular formula is C21H19F2N3O4. The molecule has 1 heterocycles. The van der Waals surface area contributed by atoms with Crippen LogP contribution in [0.15, 0.2) is 42.5 Å². The Hall–Kier alpha value is -3.75. The van der Waals surface area contributed by atoms with E-state index in [1.54, 1.807) is 26.0 Å². The molecule has 2 N–H and O–H groups in total. The molecule has 0 saturated heterocycles. The first-order valence-corrected chi connectivity index (χ1v) is 8.98. The number of hydrogen-bond acceptors (Lipinski definition) is 4. The fraction of sp³-hybridized carbons (Fsp3) is 0.190. The number of carbonyl (C=O) groups is 2. The lowest BCUT2D eigenvalue weighted by Crippen LogP contribution is -2.27. The number of carbonyl (C=O) groups excluding carboxylic acids is 1. The molecule has 0 bridgehead atoms. The molecule has 7 nitrogen and oxygen atoms in total. The summed E-state index contributed by atoms with van der Waals surface area (Å²) in [5, 5.41) is 15.9. The van der Waals surface area contributed by atoms with Gasteiger partial charge in [0.15, 0.2) is 11.6 Å². The monoisotopic (exact) mass is 415 g/mol. The molecule has 0 spiro atoms. The molecule has 0 unspecified atom stereocenters. The van der Waals surface area contributed by atoms with Gasteiger partial charge in [0, 0.05) is 7.05 Å². The van der Waals surface area contributed by atoms with E-state index >= 15 is 0 Å². The summed E-state index contributed by atoms with van der Waals surface area (Å²) in [6.07, 6.45) is 0. The number of aryl methyl sites for hydroxylation is 2. The maximum Gasteiger partial charge on any atom is 0.335 e.